The van der Waals surface area contributed by atoms with E-state index in [4.69, 9.17) is 4.74 Å². The SMILES string of the molecule is COC(=O)c1ccc(CNC(=O)COC(=O)c2ccc(NS(=O)(=O)c3cccs3)cc2O)cc1. The van der Waals surface area contributed by atoms with Crippen LogP contribution in [0.5, 0.6) is 5.75 Å². The molecule has 0 atom stereocenters. The highest BCUT2D eigenvalue weighted by atomic mass is 32.2. The molecule has 0 aliphatic carbocycles. The van der Waals surface area contributed by atoms with E-state index in [9.17, 15) is 27.9 Å². The number of carbonyl (C=O) groups is 3. The third-order valence-corrected chi connectivity index (χ3v) is 7.21. The summed E-state index contributed by atoms with van der Waals surface area (Å²) in [5.41, 5.74) is 0.908. The molecule has 3 rings (SSSR count). The van der Waals surface area contributed by atoms with Crippen molar-refractivity contribution in [3.8, 4) is 5.75 Å². The number of benzene rings is 2. The summed E-state index contributed by atoms with van der Waals surface area (Å²) >= 11 is 1.03. The number of esters is 2. The van der Waals surface area contributed by atoms with E-state index < -0.39 is 40.2 Å². The molecule has 0 saturated carbocycles. The summed E-state index contributed by atoms with van der Waals surface area (Å²) in [5.74, 6) is -2.52. The van der Waals surface area contributed by atoms with Gasteiger partial charge >= 0.3 is 11.9 Å². The minimum absolute atomic E-state index is 0.0541. The van der Waals surface area contributed by atoms with Crippen LogP contribution in [0, 0.1) is 0 Å². The minimum Gasteiger partial charge on any atom is -0.507 e. The molecule has 0 aliphatic rings. The molecule has 0 fully saturated rings. The van der Waals surface area contributed by atoms with Gasteiger partial charge in [-0.15, -0.1) is 11.3 Å². The molecular formula is C22H20N2O8S2. The van der Waals surface area contributed by atoms with Gasteiger partial charge in [-0.2, -0.15) is 0 Å². The van der Waals surface area contributed by atoms with Crippen LogP contribution in [0.4, 0.5) is 5.69 Å². The largest absolute Gasteiger partial charge is 0.507 e. The lowest BCUT2D eigenvalue weighted by atomic mass is 10.1. The van der Waals surface area contributed by atoms with Gasteiger partial charge in [-0.05, 0) is 41.3 Å². The van der Waals surface area contributed by atoms with Crippen molar-refractivity contribution < 1.29 is 37.4 Å². The molecule has 12 heteroatoms. The van der Waals surface area contributed by atoms with E-state index in [-0.39, 0.29) is 22.0 Å². The quantitative estimate of drug-likeness (QED) is 0.377. The Labute approximate surface area is 199 Å². The van der Waals surface area contributed by atoms with Crippen molar-refractivity contribution in [1.82, 2.24) is 5.32 Å². The molecule has 0 aliphatic heterocycles. The predicted molar refractivity (Wildman–Crippen MR) is 123 cm³/mol. The molecule has 0 radical (unpaired) electrons. The number of hydrogen-bond acceptors (Lipinski definition) is 9. The molecule has 34 heavy (non-hydrogen) atoms. The van der Waals surface area contributed by atoms with Gasteiger partial charge in [0.2, 0.25) is 0 Å². The first kappa shape index (κ1) is 24.7. The van der Waals surface area contributed by atoms with Crippen LogP contribution in [0.3, 0.4) is 0 Å². The standard InChI is InChI=1S/C22H20N2O8S2/c1-31-21(27)15-6-4-14(5-7-15)12-23-19(26)13-32-22(28)17-9-8-16(11-18(17)25)24-34(29,30)20-3-2-10-33-20/h2-11,24-25H,12-13H2,1H3,(H,23,26). The van der Waals surface area contributed by atoms with E-state index in [1.54, 1.807) is 35.7 Å². The van der Waals surface area contributed by atoms with E-state index in [2.05, 4.69) is 14.8 Å². The van der Waals surface area contributed by atoms with Gasteiger partial charge < -0.3 is 19.9 Å². The number of phenolic OH excluding ortho intramolecular Hbond substituents is 1. The summed E-state index contributed by atoms with van der Waals surface area (Å²) < 4.78 is 36.4. The van der Waals surface area contributed by atoms with Crippen LogP contribution in [-0.4, -0.2) is 45.1 Å². The second-order valence-corrected chi connectivity index (χ2v) is 9.67. The zero-order valence-electron chi connectivity index (χ0n) is 17.8. The first-order valence-electron chi connectivity index (χ1n) is 9.70. The number of thiophene rings is 1. The van der Waals surface area contributed by atoms with Crippen molar-refractivity contribution in [3.05, 3.63) is 76.7 Å². The van der Waals surface area contributed by atoms with Crippen LogP contribution in [0.1, 0.15) is 26.3 Å². The fraction of sp³-hybridized carbons (Fsp3) is 0.136. The molecule has 0 unspecified atom stereocenters. The number of sulfonamides is 1. The summed E-state index contributed by atoms with van der Waals surface area (Å²) in [6, 6.07) is 13.0. The van der Waals surface area contributed by atoms with Crippen molar-refractivity contribution in [1.29, 1.82) is 0 Å². The summed E-state index contributed by atoms with van der Waals surface area (Å²) in [5, 5.41) is 14.3. The Morgan fingerprint density at radius 2 is 1.76 bits per heavy atom. The number of amides is 1. The normalized spacial score (nSPS) is 10.9. The monoisotopic (exact) mass is 504 g/mol. The molecule has 10 nitrogen and oxygen atoms in total. The van der Waals surface area contributed by atoms with Gasteiger partial charge in [0, 0.05) is 12.6 Å². The van der Waals surface area contributed by atoms with Crippen LogP contribution in [-0.2, 0) is 30.8 Å². The molecule has 0 bridgehead atoms. The highest BCUT2D eigenvalue weighted by Crippen LogP contribution is 2.26. The Morgan fingerprint density at radius 3 is 2.38 bits per heavy atom. The molecule has 3 aromatic rings. The fourth-order valence-electron chi connectivity index (χ4n) is 2.73. The number of rotatable bonds is 9. The maximum absolute atomic E-state index is 12.3. The van der Waals surface area contributed by atoms with Crippen molar-refractivity contribution in [2.24, 2.45) is 0 Å². The van der Waals surface area contributed by atoms with E-state index in [0.29, 0.717) is 11.1 Å². The zero-order valence-corrected chi connectivity index (χ0v) is 19.4. The first-order chi connectivity index (χ1) is 16.2. The van der Waals surface area contributed by atoms with E-state index in [1.165, 1.54) is 25.3 Å². The summed E-state index contributed by atoms with van der Waals surface area (Å²) in [6.45, 7) is -0.451. The molecule has 1 aromatic heterocycles. The summed E-state index contributed by atoms with van der Waals surface area (Å²) in [6.07, 6.45) is 0. The van der Waals surface area contributed by atoms with Crippen molar-refractivity contribution in [2.45, 2.75) is 10.8 Å². The average molecular weight is 505 g/mol. The van der Waals surface area contributed by atoms with Crippen molar-refractivity contribution >= 4 is 44.9 Å². The summed E-state index contributed by atoms with van der Waals surface area (Å²) in [7, 11) is -2.54. The van der Waals surface area contributed by atoms with Crippen LogP contribution in [0.25, 0.3) is 0 Å². The number of aromatic hydroxyl groups is 1. The molecule has 178 valence electrons. The maximum atomic E-state index is 12.3. The second kappa shape index (κ2) is 10.8. The summed E-state index contributed by atoms with van der Waals surface area (Å²) in [4.78, 5) is 35.6. The van der Waals surface area contributed by atoms with Gasteiger partial charge in [0.15, 0.2) is 6.61 Å². The minimum atomic E-state index is -3.81. The Morgan fingerprint density at radius 1 is 1.03 bits per heavy atom. The van der Waals surface area contributed by atoms with Crippen LogP contribution in [0.15, 0.2) is 64.2 Å². The third-order valence-electron chi connectivity index (χ3n) is 4.43. The highest BCUT2D eigenvalue weighted by molar-refractivity contribution is 7.94. The lowest BCUT2D eigenvalue weighted by molar-refractivity contribution is -0.124. The number of phenols is 1. The molecule has 0 spiro atoms. The van der Waals surface area contributed by atoms with E-state index in [1.807, 2.05) is 0 Å². The topological polar surface area (TPSA) is 148 Å². The number of ether oxygens (including phenoxy) is 2. The molecular weight excluding hydrogens is 484 g/mol. The number of hydrogen-bond donors (Lipinski definition) is 3. The Kier molecular flexibility index (Phi) is 7.87. The smallest absolute Gasteiger partial charge is 0.342 e. The van der Waals surface area contributed by atoms with Crippen molar-refractivity contribution in [3.63, 3.8) is 0 Å². The Balaban J connectivity index is 1.51. The lowest BCUT2D eigenvalue weighted by Crippen LogP contribution is -2.28. The predicted octanol–water partition coefficient (Wildman–Crippen LogP) is 2.51. The number of anilines is 1. The number of carbonyl (C=O) groups excluding carboxylic acids is 3. The van der Waals surface area contributed by atoms with Gasteiger partial charge in [-0.25, -0.2) is 18.0 Å². The van der Waals surface area contributed by atoms with Crippen LogP contribution in [0.2, 0.25) is 0 Å². The lowest BCUT2D eigenvalue weighted by Gasteiger charge is -2.10. The maximum Gasteiger partial charge on any atom is 0.342 e. The van der Waals surface area contributed by atoms with Gasteiger partial charge in [0.05, 0.1) is 18.4 Å². The first-order valence-corrected chi connectivity index (χ1v) is 12.1. The van der Waals surface area contributed by atoms with Gasteiger partial charge in [0.1, 0.15) is 15.5 Å². The van der Waals surface area contributed by atoms with E-state index >= 15 is 0 Å². The second-order valence-electron chi connectivity index (χ2n) is 6.81. The zero-order chi connectivity index (χ0) is 24.7. The Bertz CT molecular complexity index is 1290. The number of methoxy groups -OCH3 is 1. The van der Waals surface area contributed by atoms with Crippen molar-refractivity contribution in [2.75, 3.05) is 18.4 Å². The van der Waals surface area contributed by atoms with Gasteiger partial charge in [-0.3, -0.25) is 9.52 Å². The number of nitrogens with one attached hydrogen (secondary N) is 2. The fourth-order valence-corrected chi connectivity index (χ4v) is 4.77. The molecule has 3 N–H and O–H groups in total. The van der Waals surface area contributed by atoms with Crippen LogP contribution >= 0.6 is 11.3 Å². The average Bonchev–Trinajstić information content (AvgIpc) is 3.37. The molecule has 0 saturated heterocycles. The third kappa shape index (κ3) is 6.33. The van der Waals surface area contributed by atoms with E-state index in [0.717, 1.165) is 17.4 Å². The van der Waals surface area contributed by atoms with Gasteiger partial charge in [-0.1, -0.05) is 18.2 Å². The van der Waals surface area contributed by atoms with Crippen LogP contribution < -0.4 is 10.0 Å². The van der Waals surface area contributed by atoms with Gasteiger partial charge in [0.25, 0.3) is 15.9 Å². The molecule has 1 heterocycles. The Hall–Kier alpha value is -3.90. The molecule has 2 aromatic carbocycles. The highest BCUT2D eigenvalue weighted by Gasteiger charge is 2.19. The molecule has 1 amide bonds.